The molecule has 0 radical (unpaired) electrons. The summed E-state index contributed by atoms with van der Waals surface area (Å²) < 4.78 is 28.2. The third-order valence-electron chi connectivity index (χ3n) is 4.96. The number of methoxy groups -OCH3 is 3. The molecule has 1 aliphatic carbocycles. The molecule has 25 heavy (non-hydrogen) atoms. The molecule has 0 saturated heterocycles. The smallest absolute Gasteiger partial charge is 0.231 e. The number of hydrogen-bond acceptors (Lipinski definition) is 5. The van der Waals surface area contributed by atoms with Crippen molar-refractivity contribution in [3.05, 3.63) is 29.3 Å². The third-order valence-corrected chi connectivity index (χ3v) is 4.96. The van der Waals surface area contributed by atoms with Gasteiger partial charge >= 0.3 is 0 Å². The monoisotopic (exact) mass is 342 g/mol. The molecule has 2 aromatic rings. The molecule has 2 aromatic carbocycles. The van der Waals surface area contributed by atoms with Crippen LogP contribution in [0.15, 0.2) is 18.2 Å². The van der Waals surface area contributed by atoms with E-state index in [2.05, 4.69) is 6.07 Å². The summed E-state index contributed by atoms with van der Waals surface area (Å²) in [6, 6.07) is 6.04. The van der Waals surface area contributed by atoms with Gasteiger partial charge in [-0.25, -0.2) is 0 Å². The first kappa shape index (κ1) is 15.9. The molecule has 1 aliphatic heterocycles. The summed E-state index contributed by atoms with van der Waals surface area (Å²) >= 11 is 0. The van der Waals surface area contributed by atoms with Crippen molar-refractivity contribution in [2.45, 2.75) is 25.7 Å². The van der Waals surface area contributed by atoms with Gasteiger partial charge in [0.2, 0.25) is 12.5 Å². The molecule has 0 atom stereocenters. The molecule has 0 aromatic heterocycles. The first-order valence-electron chi connectivity index (χ1n) is 8.52. The van der Waals surface area contributed by atoms with E-state index in [-0.39, 0.29) is 6.79 Å². The number of fused-ring (bicyclic) bond motifs is 2. The lowest BCUT2D eigenvalue weighted by molar-refractivity contribution is 0.174. The van der Waals surface area contributed by atoms with Gasteiger partial charge in [-0.05, 0) is 55.0 Å². The molecule has 0 saturated carbocycles. The van der Waals surface area contributed by atoms with Crippen molar-refractivity contribution >= 4 is 0 Å². The van der Waals surface area contributed by atoms with Gasteiger partial charge in [0.1, 0.15) is 0 Å². The number of aryl methyl sites for hydroxylation is 1. The van der Waals surface area contributed by atoms with Crippen LogP contribution in [0.1, 0.15) is 24.0 Å². The van der Waals surface area contributed by atoms with Crippen LogP contribution in [0.5, 0.6) is 28.7 Å². The van der Waals surface area contributed by atoms with Crippen molar-refractivity contribution in [1.29, 1.82) is 0 Å². The van der Waals surface area contributed by atoms with E-state index in [1.807, 2.05) is 12.1 Å². The molecule has 0 spiro atoms. The summed E-state index contributed by atoms with van der Waals surface area (Å²) in [4.78, 5) is 0. The van der Waals surface area contributed by atoms with Crippen molar-refractivity contribution in [3.8, 4) is 39.9 Å². The molecule has 0 fully saturated rings. The van der Waals surface area contributed by atoms with E-state index < -0.39 is 0 Å². The minimum Gasteiger partial charge on any atom is -0.493 e. The van der Waals surface area contributed by atoms with Gasteiger partial charge in [0.25, 0.3) is 0 Å². The minimum atomic E-state index is 0.251. The molecule has 0 N–H and O–H groups in total. The molecule has 5 nitrogen and oxygen atoms in total. The van der Waals surface area contributed by atoms with Crippen LogP contribution in [0, 0.1) is 0 Å². The van der Waals surface area contributed by atoms with E-state index in [1.54, 1.807) is 21.3 Å². The summed E-state index contributed by atoms with van der Waals surface area (Å²) in [6.45, 7) is 0.251. The fraction of sp³-hybridized carbons (Fsp3) is 0.400. The van der Waals surface area contributed by atoms with Crippen molar-refractivity contribution in [2.75, 3.05) is 28.1 Å². The van der Waals surface area contributed by atoms with Gasteiger partial charge in [0.15, 0.2) is 23.0 Å². The van der Waals surface area contributed by atoms with Gasteiger partial charge in [-0.2, -0.15) is 0 Å². The first-order valence-corrected chi connectivity index (χ1v) is 8.52. The van der Waals surface area contributed by atoms with Crippen molar-refractivity contribution in [2.24, 2.45) is 0 Å². The van der Waals surface area contributed by atoms with Crippen molar-refractivity contribution in [3.63, 3.8) is 0 Å². The zero-order valence-electron chi connectivity index (χ0n) is 14.8. The van der Waals surface area contributed by atoms with Crippen LogP contribution in [0.3, 0.4) is 0 Å². The topological polar surface area (TPSA) is 46.2 Å². The van der Waals surface area contributed by atoms with Crippen LogP contribution >= 0.6 is 0 Å². The first-order chi connectivity index (χ1) is 12.3. The van der Waals surface area contributed by atoms with Gasteiger partial charge in [-0.1, -0.05) is 0 Å². The summed E-state index contributed by atoms with van der Waals surface area (Å²) in [5, 5.41) is 0. The maximum Gasteiger partial charge on any atom is 0.231 e. The second-order valence-corrected chi connectivity index (χ2v) is 6.21. The molecule has 0 unspecified atom stereocenters. The van der Waals surface area contributed by atoms with Crippen LogP contribution in [-0.2, 0) is 12.8 Å². The van der Waals surface area contributed by atoms with E-state index >= 15 is 0 Å². The fourth-order valence-electron chi connectivity index (χ4n) is 3.84. The van der Waals surface area contributed by atoms with Crippen LogP contribution < -0.4 is 23.7 Å². The van der Waals surface area contributed by atoms with Gasteiger partial charge in [-0.15, -0.1) is 0 Å². The zero-order chi connectivity index (χ0) is 17.4. The lowest BCUT2D eigenvalue weighted by Gasteiger charge is -2.23. The second kappa shape index (κ2) is 6.39. The van der Waals surface area contributed by atoms with Crippen molar-refractivity contribution < 1.29 is 23.7 Å². The molecule has 4 rings (SSSR count). The quantitative estimate of drug-likeness (QED) is 0.841. The number of hydrogen-bond donors (Lipinski definition) is 0. The fourth-order valence-corrected chi connectivity index (χ4v) is 3.84. The maximum absolute atomic E-state index is 5.83. The Labute approximate surface area is 147 Å². The molecular weight excluding hydrogens is 320 g/mol. The Morgan fingerprint density at radius 3 is 2.44 bits per heavy atom. The Morgan fingerprint density at radius 1 is 0.880 bits per heavy atom. The van der Waals surface area contributed by atoms with E-state index in [4.69, 9.17) is 23.7 Å². The molecule has 5 heteroatoms. The van der Waals surface area contributed by atoms with Crippen LogP contribution in [-0.4, -0.2) is 28.1 Å². The van der Waals surface area contributed by atoms with Gasteiger partial charge < -0.3 is 23.7 Å². The SMILES string of the molecule is COc1ccc(-c2c3c(cc4c2OCO4)CCCC3)c(OC)c1OC. The molecular formula is C20H22O5. The minimum absolute atomic E-state index is 0.251. The van der Waals surface area contributed by atoms with E-state index in [0.29, 0.717) is 17.2 Å². The Morgan fingerprint density at radius 2 is 1.68 bits per heavy atom. The molecule has 0 bridgehead atoms. The van der Waals surface area contributed by atoms with Crippen LogP contribution in [0.25, 0.3) is 11.1 Å². The highest BCUT2D eigenvalue weighted by molar-refractivity contribution is 5.85. The highest BCUT2D eigenvalue weighted by Gasteiger charge is 2.29. The van der Waals surface area contributed by atoms with Crippen molar-refractivity contribution in [1.82, 2.24) is 0 Å². The molecule has 132 valence electrons. The average Bonchev–Trinajstić information content (AvgIpc) is 3.12. The summed E-state index contributed by atoms with van der Waals surface area (Å²) in [7, 11) is 4.89. The standard InChI is InChI=1S/C20H22O5/c1-21-15-9-8-14(18(22-2)20(15)23-3)17-13-7-5-4-6-12(13)10-16-19(17)25-11-24-16/h8-10H,4-7,11H2,1-3H3. The molecule has 2 aliphatic rings. The maximum atomic E-state index is 5.83. The number of benzene rings is 2. The Bertz CT molecular complexity index is 812. The zero-order valence-corrected chi connectivity index (χ0v) is 14.8. The predicted octanol–water partition coefficient (Wildman–Crippen LogP) is 3.99. The lowest BCUT2D eigenvalue weighted by atomic mass is 9.84. The van der Waals surface area contributed by atoms with Gasteiger partial charge in [0, 0.05) is 11.1 Å². The van der Waals surface area contributed by atoms with E-state index in [0.717, 1.165) is 35.5 Å². The summed E-state index contributed by atoms with van der Waals surface area (Å²) in [5.74, 6) is 3.49. The Balaban J connectivity index is 2.01. The second-order valence-electron chi connectivity index (χ2n) is 6.21. The van der Waals surface area contributed by atoms with Gasteiger partial charge in [-0.3, -0.25) is 0 Å². The van der Waals surface area contributed by atoms with Gasteiger partial charge in [0.05, 0.1) is 21.3 Å². The van der Waals surface area contributed by atoms with E-state index in [9.17, 15) is 0 Å². The number of rotatable bonds is 4. The number of ether oxygens (including phenoxy) is 5. The summed E-state index contributed by atoms with van der Waals surface area (Å²) in [6.07, 6.45) is 4.47. The van der Waals surface area contributed by atoms with E-state index in [1.165, 1.54) is 24.0 Å². The lowest BCUT2D eigenvalue weighted by Crippen LogP contribution is -2.06. The highest BCUT2D eigenvalue weighted by atomic mass is 16.7. The Hall–Kier alpha value is -2.56. The normalized spacial score (nSPS) is 14.8. The highest BCUT2D eigenvalue weighted by Crippen LogP contribution is 2.52. The molecule has 0 amide bonds. The third kappa shape index (κ3) is 2.46. The average molecular weight is 342 g/mol. The molecule has 1 heterocycles. The van der Waals surface area contributed by atoms with Crippen LogP contribution in [0.4, 0.5) is 0 Å². The largest absolute Gasteiger partial charge is 0.493 e. The van der Waals surface area contributed by atoms with Crippen LogP contribution in [0.2, 0.25) is 0 Å². The Kier molecular flexibility index (Phi) is 4.07. The predicted molar refractivity (Wildman–Crippen MR) is 94.3 cm³/mol. The summed E-state index contributed by atoms with van der Waals surface area (Å²) in [5.41, 5.74) is 4.66.